The molecule has 0 unspecified atom stereocenters. The first kappa shape index (κ1) is 16.5. The van der Waals surface area contributed by atoms with E-state index in [-0.39, 0.29) is 11.8 Å². The predicted octanol–water partition coefficient (Wildman–Crippen LogP) is 1.60. The Kier molecular flexibility index (Phi) is 4.85. The minimum absolute atomic E-state index is 0.0446. The molecular formula is C17H19ClN4O2. The maximum Gasteiger partial charge on any atom is 0.254 e. The molecule has 2 aromatic rings. The molecule has 1 aliphatic heterocycles. The lowest BCUT2D eigenvalue weighted by atomic mass is 10.1. The van der Waals surface area contributed by atoms with Crippen LogP contribution in [0.2, 0.25) is 5.02 Å². The minimum Gasteiger partial charge on any atom is -0.339 e. The largest absolute Gasteiger partial charge is 0.339 e. The first-order valence-electron chi connectivity index (χ1n) is 7.83. The third-order valence-electron chi connectivity index (χ3n) is 4.10. The molecular weight excluding hydrogens is 328 g/mol. The Morgan fingerprint density at radius 3 is 2.50 bits per heavy atom. The molecule has 24 heavy (non-hydrogen) atoms. The van der Waals surface area contributed by atoms with Crippen LogP contribution in [0.25, 0.3) is 0 Å². The van der Waals surface area contributed by atoms with Crippen molar-refractivity contribution in [1.29, 1.82) is 0 Å². The van der Waals surface area contributed by atoms with Crippen LogP contribution in [-0.2, 0) is 18.3 Å². The van der Waals surface area contributed by atoms with Gasteiger partial charge in [0.2, 0.25) is 5.91 Å². The van der Waals surface area contributed by atoms with Crippen molar-refractivity contribution < 1.29 is 9.59 Å². The fourth-order valence-corrected chi connectivity index (χ4v) is 3.00. The number of nitrogens with zero attached hydrogens (tertiary/aromatic N) is 4. The summed E-state index contributed by atoms with van der Waals surface area (Å²) in [7, 11) is 1.83. The molecule has 0 spiro atoms. The third kappa shape index (κ3) is 3.76. The van der Waals surface area contributed by atoms with E-state index in [1.165, 1.54) is 0 Å². The second kappa shape index (κ2) is 7.05. The van der Waals surface area contributed by atoms with Crippen molar-refractivity contribution >= 4 is 23.4 Å². The maximum absolute atomic E-state index is 12.5. The molecule has 1 aromatic carbocycles. The number of hydrogen-bond acceptors (Lipinski definition) is 3. The van der Waals surface area contributed by atoms with Crippen LogP contribution in [0.3, 0.4) is 0 Å². The summed E-state index contributed by atoms with van der Waals surface area (Å²) in [5, 5.41) is 4.62. The van der Waals surface area contributed by atoms with Gasteiger partial charge in [0.1, 0.15) is 0 Å². The molecule has 0 radical (unpaired) electrons. The van der Waals surface area contributed by atoms with Gasteiger partial charge in [-0.15, -0.1) is 0 Å². The number of aryl methyl sites for hydroxylation is 1. The van der Waals surface area contributed by atoms with Crippen molar-refractivity contribution in [1.82, 2.24) is 19.6 Å². The number of rotatable bonds is 3. The predicted molar refractivity (Wildman–Crippen MR) is 90.8 cm³/mol. The van der Waals surface area contributed by atoms with Crippen molar-refractivity contribution in [3.8, 4) is 0 Å². The van der Waals surface area contributed by atoms with E-state index in [1.807, 2.05) is 13.2 Å². The summed E-state index contributed by atoms with van der Waals surface area (Å²) < 4.78 is 1.68. The molecule has 7 heteroatoms. The van der Waals surface area contributed by atoms with Gasteiger partial charge < -0.3 is 9.80 Å². The highest BCUT2D eigenvalue weighted by Gasteiger charge is 2.25. The molecule has 2 amide bonds. The van der Waals surface area contributed by atoms with Crippen molar-refractivity contribution in [2.24, 2.45) is 7.05 Å². The first-order valence-corrected chi connectivity index (χ1v) is 8.21. The van der Waals surface area contributed by atoms with Gasteiger partial charge in [0, 0.05) is 50.0 Å². The van der Waals surface area contributed by atoms with E-state index >= 15 is 0 Å². The molecule has 1 fully saturated rings. The summed E-state index contributed by atoms with van der Waals surface area (Å²) in [6.45, 7) is 2.16. The molecule has 1 saturated heterocycles. The Bertz CT molecular complexity index is 751. The van der Waals surface area contributed by atoms with Gasteiger partial charge in [-0.05, 0) is 23.8 Å². The molecule has 6 nitrogen and oxygen atoms in total. The summed E-state index contributed by atoms with van der Waals surface area (Å²) in [6.07, 6.45) is 3.89. The molecule has 2 heterocycles. The fraction of sp³-hybridized carbons (Fsp3) is 0.353. The normalized spacial score (nSPS) is 14.8. The summed E-state index contributed by atoms with van der Waals surface area (Å²) in [5.74, 6) is 0.0229. The quantitative estimate of drug-likeness (QED) is 0.848. The van der Waals surface area contributed by atoms with Crippen molar-refractivity contribution in [3.05, 3.63) is 52.8 Å². The molecule has 1 aliphatic rings. The van der Waals surface area contributed by atoms with E-state index in [0.29, 0.717) is 43.2 Å². The Hall–Kier alpha value is -2.34. The number of hydrogen-bond donors (Lipinski definition) is 0. The van der Waals surface area contributed by atoms with Crippen molar-refractivity contribution in [2.45, 2.75) is 6.42 Å². The topological polar surface area (TPSA) is 58.4 Å². The lowest BCUT2D eigenvalue weighted by molar-refractivity contribution is -0.131. The van der Waals surface area contributed by atoms with Gasteiger partial charge in [-0.2, -0.15) is 5.10 Å². The van der Waals surface area contributed by atoms with Gasteiger partial charge in [-0.3, -0.25) is 14.3 Å². The number of amides is 2. The smallest absolute Gasteiger partial charge is 0.254 e. The first-order chi connectivity index (χ1) is 11.5. The number of aromatic nitrogens is 2. The van der Waals surface area contributed by atoms with E-state index in [9.17, 15) is 9.59 Å². The Balaban J connectivity index is 1.55. The Morgan fingerprint density at radius 2 is 1.88 bits per heavy atom. The van der Waals surface area contributed by atoms with Crippen LogP contribution in [0.15, 0.2) is 36.7 Å². The van der Waals surface area contributed by atoms with Gasteiger partial charge in [0.25, 0.3) is 5.91 Å². The van der Waals surface area contributed by atoms with Crippen LogP contribution in [0, 0.1) is 0 Å². The average Bonchev–Trinajstić information content (AvgIpc) is 2.99. The van der Waals surface area contributed by atoms with Gasteiger partial charge in [0.15, 0.2) is 0 Å². The van der Waals surface area contributed by atoms with E-state index in [1.54, 1.807) is 44.9 Å². The molecule has 0 bridgehead atoms. The second-order valence-electron chi connectivity index (χ2n) is 5.88. The minimum atomic E-state index is -0.0446. The van der Waals surface area contributed by atoms with Gasteiger partial charge in [-0.1, -0.05) is 17.7 Å². The molecule has 0 aliphatic carbocycles. The maximum atomic E-state index is 12.5. The van der Waals surface area contributed by atoms with Crippen LogP contribution >= 0.6 is 11.6 Å². The molecule has 0 atom stereocenters. The van der Waals surface area contributed by atoms with Crippen molar-refractivity contribution in [3.63, 3.8) is 0 Å². The van der Waals surface area contributed by atoms with Crippen LogP contribution < -0.4 is 0 Å². The highest BCUT2D eigenvalue weighted by atomic mass is 35.5. The summed E-state index contributed by atoms with van der Waals surface area (Å²) in [4.78, 5) is 28.4. The number of piperazine rings is 1. The SMILES string of the molecule is Cn1cc(CC(=O)N2CCN(C(=O)c3cccc(Cl)c3)CC2)cn1. The Labute approximate surface area is 145 Å². The van der Waals surface area contributed by atoms with E-state index in [0.717, 1.165) is 5.56 Å². The zero-order chi connectivity index (χ0) is 17.1. The van der Waals surface area contributed by atoms with Gasteiger partial charge >= 0.3 is 0 Å². The zero-order valence-corrected chi connectivity index (χ0v) is 14.2. The number of carbonyl (C=O) groups is 2. The number of benzene rings is 1. The molecule has 3 rings (SSSR count). The van der Waals surface area contributed by atoms with Gasteiger partial charge in [0.05, 0.1) is 12.6 Å². The van der Waals surface area contributed by atoms with Crippen LogP contribution in [-0.4, -0.2) is 57.6 Å². The van der Waals surface area contributed by atoms with Crippen molar-refractivity contribution in [2.75, 3.05) is 26.2 Å². The third-order valence-corrected chi connectivity index (χ3v) is 4.34. The lowest BCUT2D eigenvalue weighted by Crippen LogP contribution is -2.51. The molecule has 1 aromatic heterocycles. The molecule has 126 valence electrons. The second-order valence-corrected chi connectivity index (χ2v) is 6.32. The molecule has 0 saturated carbocycles. The van der Waals surface area contributed by atoms with E-state index < -0.39 is 0 Å². The monoisotopic (exact) mass is 346 g/mol. The summed E-state index contributed by atoms with van der Waals surface area (Å²) in [5.41, 5.74) is 1.48. The summed E-state index contributed by atoms with van der Waals surface area (Å²) in [6, 6.07) is 6.94. The fourth-order valence-electron chi connectivity index (χ4n) is 2.81. The van der Waals surface area contributed by atoms with Crippen LogP contribution in [0.1, 0.15) is 15.9 Å². The Morgan fingerprint density at radius 1 is 1.17 bits per heavy atom. The number of halogens is 1. The van der Waals surface area contributed by atoms with E-state index in [2.05, 4.69) is 5.10 Å². The van der Waals surface area contributed by atoms with Crippen LogP contribution in [0.5, 0.6) is 0 Å². The highest BCUT2D eigenvalue weighted by Crippen LogP contribution is 2.14. The number of carbonyl (C=O) groups excluding carboxylic acids is 2. The van der Waals surface area contributed by atoms with Crippen LogP contribution in [0.4, 0.5) is 0 Å². The summed E-state index contributed by atoms with van der Waals surface area (Å²) >= 11 is 5.94. The average molecular weight is 347 g/mol. The zero-order valence-electron chi connectivity index (χ0n) is 13.5. The lowest BCUT2D eigenvalue weighted by Gasteiger charge is -2.34. The van der Waals surface area contributed by atoms with Gasteiger partial charge in [-0.25, -0.2) is 0 Å². The highest BCUT2D eigenvalue weighted by molar-refractivity contribution is 6.30. The standard InChI is InChI=1S/C17H19ClN4O2/c1-20-12-13(11-19-20)9-16(23)21-5-7-22(8-6-21)17(24)14-3-2-4-15(18)10-14/h2-4,10-12H,5-9H2,1H3. The van der Waals surface area contributed by atoms with E-state index in [4.69, 9.17) is 11.6 Å². The molecule has 0 N–H and O–H groups in total.